The summed E-state index contributed by atoms with van der Waals surface area (Å²) in [6.45, 7) is 5.85. The highest BCUT2D eigenvalue weighted by Gasteiger charge is 2.21. The van der Waals surface area contributed by atoms with E-state index in [0.29, 0.717) is 0 Å². The van der Waals surface area contributed by atoms with E-state index in [1.54, 1.807) is 7.11 Å². The minimum absolute atomic E-state index is 0.907. The number of ether oxygens (including phenoxy) is 1. The van der Waals surface area contributed by atoms with Crippen LogP contribution >= 0.6 is 15.9 Å². The van der Waals surface area contributed by atoms with Crippen molar-refractivity contribution in [1.82, 2.24) is 4.90 Å². The summed E-state index contributed by atoms with van der Waals surface area (Å²) in [5.41, 5.74) is 1.36. The predicted molar refractivity (Wildman–Crippen MR) is 79.0 cm³/mol. The first kappa shape index (κ1) is 13.9. The number of rotatable bonds is 5. The van der Waals surface area contributed by atoms with Gasteiger partial charge in [0.05, 0.1) is 11.6 Å². The molecule has 2 rings (SSSR count). The SMILES string of the molecule is CCCC1CCN(Cc2ccc(OC)c(Br)c2)C1. The molecule has 0 radical (unpaired) electrons. The quantitative estimate of drug-likeness (QED) is 0.812. The van der Waals surface area contributed by atoms with E-state index in [4.69, 9.17) is 4.74 Å². The van der Waals surface area contributed by atoms with E-state index in [1.165, 1.54) is 37.9 Å². The fourth-order valence-electron chi connectivity index (χ4n) is 2.77. The summed E-state index contributed by atoms with van der Waals surface area (Å²) in [6.07, 6.45) is 4.06. The molecular formula is C15H22BrNO. The Bertz CT molecular complexity index is 394. The second-order valence-corrected chi connectivity index (χ2v) is 6.00. The van der Waals surface area contributed by atoms with Crippen LogP contribution in [0.15, 0.2) is 22.7 Å². The van der Waals surface area contributed by atoms with Gasteiger partial charge < -0.3 is 4.74 Å². The molecule has 0 spiro atoms. The van der Waals surface area contributed by atoms with Crippen LogP contribution in [-0.2, 0) is 6.54 Å². The molecule has 1 fully saturated rings. The number of halogens is 1. The summed E-state index contributed by atoms with van der Waals surface area (Å²) < 4.78 is 6.31. The zero-order chi connectivity index (χ0) is 13.0. The first-order valence-electron chi connectivity index (χ1n) is 6.77. The fourth-order valence-corrected chi connectivity index (χ4v) is 3.35. The highest BCUT2D eigenvalue weighted by molar-refractivity contribution is 9.10. The highest BCUT2D eigenvalue weighted by Crippen LogP contribution is 2.27. The van der Waals surface area contributed by atoms with Crippen LogP contribution in [0, 0.1) is 5.92 Å². The minimum atomic E-state index is 0.907. The summed E-state index contributed by atoms with van der Waals surface area (Å²) in [5.74, 6) is 1.82. The number of benzene rings is 1. The van der Waals surface area contributed by atoms with Crippen LogP contribution in [-0.4, -0.2) is 25.1 Å². The summed E-state index contributed by atoms with van der Waals surface area (Å²) in [4.78, 5) is 2.56. The van der Waals surface area contributed by atoms with Crippen LogP contribution in [0.2, 0.25) is 0 Å². The molecule has 3 heteroatoms. The molecule has 2 nitrogen and oxygen atoms in total. The van der Waals surface area contributed by atoms with Crippen molar-refractivity contribution in [2.24, 2.45) is 5.92 Å². The lowest BCUT2D eigenvalue weighted by Gasteiger charge is -2.16. The topological polar surface area (TPSA) is 12.5 Å². The van der Waals surface area contributed by atoms with E-state index in [0.717, 1.165) is 22.7 Å². The average Bonchev–Trinajstić information content (AvgIpc) is 2.77. The zero-order valence-electron chi connectivity index (χ0n) is 11.3. The standard InChI is InChI=1S/C15H22BrNO/c1-3-4-12-7-8-17(10-12)11-13-5-6-15(18-2)14(16)9-13/h5-6,9,12H,3-4,7-8,10-11H2,1-2H3. The van der Waals surface area contributed by atoms with Crippen LogP contribution in [0.1, 0.15) is 31.7 Å². The van der Waals surface area contributed by atoms with Crippen molar-refractivity contribution in [3.63, 3.8) is 0 Å². The third-order valence-corrected chi connectivity index (χ3v) is 4.31. The number of nitrogens with zero attached hydrogens (tertiary/aromatic N) is 1. The fraction of sp³-hybridized carbons (Fsp3) is 0.600. The van der Waals surface area contributed by atoms with E-state index in [9.17, 15) is 0 Å². The number of hydrogen-bond acceptors (Lipinski definition) is 2. The lowest BCUT2D eigenvalue weighted by atomic mass is 10.0. The Balaban J connectivity index is 1.92. The molecule has 18 heavy (non-hydrogen) atoms. The molecule has 0 saturated carbocycles. The smallest absolute Gasteiger partial charge is 0.133 e. The van der Waals surface area contributed by atoms with E-state index in [2.05, 4.69) is 39.9 Å². The van der Waals surface area contributed by atoms with Gasteiger partial charge in [-0.2, -0.15) is 0 Å². The van der Waals surface area contributed by atoms with Gasteiger partial charge in [-0.25, -0.2) is 0 Å². The van der Waals surface area contributed by atoms with Gasteiger partial charge in [-0.3, -0.25) is 4.90 Å². The summed E-state index contributed by atoms with van der Waals surface area (Å²) >= 11 is 3.55. The molecule has 1 aliphatic heterocycles. The Labute approximate surface area is 118 Å². The van der Waals surface area contributed by atoms with Crippen molar-refractivity contribution < 1.29 is 4.74 Å². The van der Waals surface area contributed by atoms with Crippen LogP contribution in [0.3, 0.4) is 0 Å². The Morgan fingerprint density at radius 2 is 2.28 bits per heavy atom. The second kappa shape index (κ2) is 6.58. The molecular weight excluding hydrogens is 290 g/mol. The van der Waals surface area contributed by atoms with Crippen LogP contribution in [0.4, 0.5) is 0 Å². The number of methoxy groups -OCH3 is 1. The molecule has 0 aromatic heterocycles. The van der Waals surface area contributed by atoms with Crippen LogP contribution in [0.5, 0.6) is 5.75 Å². The maximum Gasteiger partial charge on any atom is 0.133 e. The highest BCUT2D eigenvalue weighted by atomic mass is 79.9. The van der Waals surface area contributed by atoms with Crippen molar-refractivity contribution in [3.05, 3.63) is 28.2 Å². The third-order valence-electron chi connectivity index (χ3n) is 3.69. The molecule has 0 amide bonds. The minimum Gasteiger partial charge on any atom is -0.496 e. The van der Waals surface area contributed by atoms with E-state index >= 15 is 0 Å². The number of likely N-dealkylation sites (tertiary alicyclic amines) is 1. The number of hydrogen-bond donors (Lipinski definition) is 0. The van der Waals surface area contributed by atoms with Gasteiger partial charge in [-0.15, -0.1) is 0 Å². The molecule has 0 aliphatic carbocycles. The van der Waals surface area contributed by atoms with Gasteiger partial charge in [-0.1, -0.05) is 19.4 Å². The molecule has 0 bridgehead atoms. The maximum atomic E-state index is 5.26. The average molecular weight is 312 g/mol. The van der Waals surface area contributed by atoms with E-state index in [-0.39, 0.29) is 0 Å². The van der Waals surface area contributed by atoms with Gasteiger partial charge in [0.25, 0.3) is 0 Å². The van der Waals surface area contributed by atoms with Crippen LogP contribution in [0.25, 0.3) is 0 Å². The van der Waals surface area contributed by atoms with Crippen molar-refractivity contribution in [3.8, 4) is 5.75 Å². The normalized spacial score (nSPS) is 20.3. The van der Waals surface area contributed by atoms with Crippen LogP contribution < -0.4 is 4.74 Å². The molecule has 1 aliphatic rings. The van der Waals surface area contributed by atoms with E-state index < -0.39 is 0 Å². The van der Waals surface area contributed by atoms with Gasteiger partial charge in [-0.05, 0) is 58.9 Å². The second-order valence-electron chi connectivity index (χ2n) is 5.15. The zero-order valence-corrected chi connectivity index (χ0v) is 12.9. The molecule has 100 valence electrons. The molecule has 1 heterocycles. The third kappa shape index (κ3) is 3.48. The summed E-state index contributed by atoms with van der Waals surface area (Å²) in [7, 11) is 1.70. The van der Waals surface area contributed by atoms with Gasteiger partial charge in [0.1, 0.15) is 5.75 Å². The Morgan fingerprint density at radius 3 is 2.94 bits per heavy atom. The van der Waals surface area contributed by atoms with Crippen molar-refractivity contribution in [2.75, 3.05) is 20.2 Å². The molecule has 1 saturated heterocycles. The predicted octanol–water partition coefficient (Wildman–Crippen LogP) is 4.08. The summed E-state index contributed by atoms with van der Waals surface area (Å²) in [6, 6.07) is 6.38. The first-order chi connectivity index (χ1) is 8.72. The Morgan fingerprint density at radius 1 is 1.44 bits per heavy atom. The first-order valence-corrected chi connectivity index (χ1v) is 7.57. The molecule has 1 aromatic carbocycles. The van der Waals surface area contributed by atoms with Gasteiger partial charge >= 0.3 is 0 Å². The molecule has 1 atom stereocenters. The van der Waals surface area contributed by atoms with Crippen molar-refractivity contribution >= 4 is 15.9 Å². The maximum absolute atomic E-state index is 5.26. The van der Waals surface area contributed by atoms with E-state index in [1.807, 2.05) is 6.07 Å². The Hall–Kier alpha value is -0.540. The lowest BCUT2D eigenvalue weighted by molar-refractivity contribution is 0.312. The van der Waals surface area contributed by atoms with Crippen molar-refractivity contribution in [2.45, 2.75) is 32.7 Å². The lowest BCUT2D eigenvalue weighted by Crippen LogP contribution is -2.20. The monoisotopic (exact) mass is 311 g/mol. The Kier molecular flexibility index (Phi) is 5.07. The largest absolute Gasteiger partial charge is 0.496 e. The van der Waals surface area contributed by atoms with Gasteiger partial charge in [0.2, 0.25) is 0 Å². The van der Waals surface area contributed by atoms with Crippen molar-refractivity contribution in [1.29, 1.82) is 0 Å². The van der Waals surface area contributed by atoms with Gasteiger partial charge in [0, 0.05) is 13.1 Å². The molecule has 1 unspecified atom stereocenters. The molecule has 1 aromatic rings. The molecule has 0 N–H and O–H groups in total. The summed E-state index contributed by atoms with van der Waals surface area (Å²) in [5, 5.41) is 0. The van der Waals surface area contributed by atoms with Gasteiger partial charge in [0.15, 0.2) is 0 Å².